The van der Waals surface area contributed by atoms with Crippen LogP contribution in [0.2, 0.25) is 0 Å². The fourth-order valence-electron chi connectivity index (χ4n) is 7.40. The number of hydrogen-bond donors (Lipinski definition) is 10. The predicted octanol–water partition coefficient (Wildman–Crippen LogP) is 4.61. The molecule has 0 amide bonds. The first-order chi connectivity index (χ1) is 31.8. The first-order valence-corrected chi connectivity index (χ1v) is 26.6. The predicted molar refractivity (Wildman–Crippen MR) is 244 cm³/mol. The van der Waals surface area contributed by atoms with E-state index < -0.39 is 120 Å². The summed E-state index contributed by atoms with van der Waals surface area (Å²) in [7, 11) is -11.5. The standard InChI is InChI=1S/C45H78O20P2/c1-3-5-7-8-9-10-11-12-13-14-15-16-21-25-37(48)60-30-33-31-61-67(58,59)65-45-43(54)42(53)40(51)34(24-20-17-18-22-26-38(49)62-33)35(47)29-39(50)63-36(28-27-32(46)23-19-6-4-2)41(52)44(45)64-66(55,56)57/h7-8,10-11,17,20,27-28,32-36,39-47,50-54H,3-6,9,12-16,18-19,21-26,29-31H2,1-2H3,(H,58,59)(H2,55,56,57)/b8-7-,11-10-,20-17-,28-27?/t32-,33+,34-,35-,36+,39?,40+,41+,42-,43+,44+,45-/m0/s1. The third kappa shape index (κ3) is 26.0. The number of hydrogen-bond acceptors (Lipinski definition) is 17. The summed E-state index contributed by atoms with van der Waals surface area (Å²) in [4.78, 5) is 56.6. The molecule has 20 nitrogen and oxygen atoms in total. The molecule has 67 heavy (non-hydrogen) atoms. The minimum absolute atomic E-state index is 0.0309. The lowest BCUT2D eigenvalue weighted by atomic mass is 9.83. The molecule has 2 aliphatic heterocycles. The number of aliphatic hydroxyl groups excluding tert-OH is 7. The van der Waals surface area contributed by atoms with Crippen LogP contribution in [0.1, 0.15) is 136 Å². The maximum absolute atomic E-state index is 13.7. The van der Waals surface area contributed by atoms with Crippen LogP contribution in [0.25, 0.3) is 0 Å². The molecule has 0 aromatic carbocycles. The molecule has 388 valence electrons. The van der Waals surface area contributed by atoms with Gasteiger partial charge in [0, 0.05) is 25.2 Å². The summed E-state index contributed by atoms with van der Waals surface area (Å²) in [5, 5.41) is 78.8. The average Bonchev–Trinajstić information content (AvgIpc) is 3.26. The van der Waals surface area contributed by atoms with E-state index in [1.54, 1.807) is 6.08 Å². The van der Waals surface area contributed by atoms with Crippen molar-refractivity contribution in [1.82, 2.24) is 0 Å². The van der Waals surface area contributed by atoms with E-state index in [-0.39, 0.29) is 38.5 Å². The van der Waals surface area contributed by atoms with Gasteiger partial charge in [0.15, 0.2) is 12.4 Å². The van der Waals surface area contributed by atoms with E-state index >= 15 is 0 Å². The molecule has 2 aliphatic rings. The number of carbonyl (C=O) groups is 2. The molecule has 0 radical (unpaired) electrons. The van der Waals surface area contributed by atoms with Gasteiger partial charge in [-0.05, 0) is 57.8 Å². The molecule has 22 heteroatoms. The van der Waals surface area contributed by atoms with Crippen LogP contribution in [0.3, 0.4) is 0 Å². The van der Waals surface area contributed by atoms with Gasteiger partial charge in [-0.1, -0.05) is 107 Å². The van der Waals surface area contributed by atoms with Gasteiger partial charge in [-0.3, -0.25) is 23.2 Å². The summed E-state index contributed by atoms with van der Waals surface area (Å²) < 4.78 is 57.6. The highest BCUT2D eigenvalue weighted by Crippen LogP contribution is 2.49. The smallest absolute Gasteiger partial charge is 0.462 e. The van der Waals surface area contributed by atoms with Gasteiger partial charge < -0.3 is 64.6 Å². The van der Waals surface area contributed by atoms with Gasteiger partial charge in [0.05, 0.1) is 24.9 Å². The number of fused-ring (bicyclic) bond motifs is 4. The highest BCUT2D eigenvalue weighted by atomic mass is 31.2. The second kappa shape index (κ2) is 33.4. The molecule has 0 aromatic heterocycles. The Kier molecular flexibility index (Phi) is 30.4. The van der Waals surface area contributed by atoms with Crippen molar-refractivity contribution in [3.8, 4) is 0 Å². The van der Waals surface area contributed by atoms with Crippen molar-refractivity contribution >= 4 is 27.6 Å². The summed E-state index contributed by atoms with van der Waals surface area (Å²) in [6.45, 7) is 2.44. The van der Waals surface area contributed by atoms with Gasteiger partial charge in [0.1, 0.15) is 43.2 Å². The number of phosphoric ester groups is 2. The number of aliphatic hydroxyl groups is 7. The minimum atomic E-state index is -5.79. The van der Waals surface area contributed by atoms with Crippen molar-refractivity contribution in [3.63, 3.8) is 0 Å². The van der Waals surface area contributed by atoms with Crippen molar-refractivity contribution in [2.45, 2.75) is 203 Å². The van der Waals surface area contributed by atoms with E-state index in [9.17, 15) is 69.1 Å². The molecule has 1 fully saturated rings. The molecule has 2 bridgehead atoms. The number of allylic oxidation sites excluding steroid dienone is 6. The lowest BCUT2D eigenvalue weighted by Crippen LogP contribution is -2.58. The fraction of sp³-hybridized carbons (Fsp3) is 0.778. The quantitative estimate of drug-likeness (QED) is 0.0306. The Bertz CT molecular complexity index is 1600. The highest BCUT2D eigenvalue weighted by molar-refractivity contribution is 7.47. The van der Waals surface area contributed by atoms with Gasteiger partial charge in [-0.15, -0.1) is 0 Å². The summed E-state index contributed by atoms with van der Waals surface area (Å²) in [6, 6.07) is 0. The van der Waals surface area contributed by atoms with E-state index in [2.05, 4.69) is 31.2 Å². The van der Waals surface area contributed by atoms with Gasteiger partial charge in [0.2, 0.25) is 0 Å². The summed E-state index contributed by atoms with van der Waals surface area (Å²) >= 11 is 0. The Balaban J connectivity index is 2.39. The zero-order chi connectivity index (χ0) is 49.8. The van der Waals surface area contributed by atoms with E-state index in [4.69, 9.17) is 27.8 Å². The van der Waals surface area contributed by atoms with Gasteiger partial charge >= 0.3 is 27.6 Å². The number of ether oxygens (including phenoxy) is 3. The maximum Gasteiger partial charge on any atom is 0.472 e. The molecule has 1 saturated heterocycles. The molecule has 2 heterocycles. The SMILES string of the molecule is CCC/C=C\C/C=C\CCCCCCCC(=O)OC[C@@H]1COP(=O)(O)O[C@H]2[C@H](O)[C@@H](O)[C@H](O)[C@@H](C/C=C\CCCC(=O)O1)[C@@H](O)CC(O)O[C@H](C=C[C@@H](O)CCCCC)[C@@H](O)[C@H]2OP(=O)(O)O. The summed E-state index contributed by atoms with van der Waals surface area (Å²) in [6.07, 6.45) is 0.358. The van der Waals surface area contributed by atoms with Crippen LogP contribution in [0, 0.1) is 5.92 Å². The topological polar surface area (TPSA) is 326 Å². The van der Waals surface area contributed by atoms with Crippen molar-refractivity contribution in [3.05, 3.63) is 48.6 Å². The van der Waals surface area contributed by atoms with Crippen LogP contribution in [-0.2, 0) is 46.5 Å². The number of esters is 2. The Morgan fingerprint density at radius 1 is 0.896 bits per heavy atom. The number of rotatable bonds is 22. The molecule has 2 rings (SSSR count). The third-order valence-corrected chi connectivity index (χ3v) is 12.7. The molecule has 13 atom stereocenters. The molecular formula is C45H78O20P2. The van der Waals surface area contributed by atoms with Crippen molar-refractivity contribution in [1.29, 1.82) is 0 Å². The molecule has 0 spiro atoms. The summed E-state index contributed by atoms with van der Waals surface area (Å²) in [5.74, 6) is -2.88. The molecular weight excluding hydrogens is 922 g/mol. The van der Waals surface area contributed by atoms with Crippen LogP contribution in [0.15, 0.2) is 48.6 Å². The lowest BCUT2D eigenvalue weighted by molar-refractivity contribution is -0.210. The van der Waals surface area contributed by atoms with E-state index in [1.165, 1.54) is 6.08 Å². The van der Waals surface area contributed by atoms with E-state index in [0.717, 1.165) is 76.4 Å². The molecule has 0 saturated carbocycles. The molecule has 10 N–H and O–H groups in total. The molecule has 0 aromatic rings. The van der Waals surface area contributed by atoms with Gasteiger partial charge in [0.25, 0.3) is 0 Å². The number of phosphoric acid groups is 2. The normalized spacial score (nSPS) is 32.4. The highest BCUT2D eigenvalue weighted by Gasteiger charge is 2.50. The van der Waals surface area contributed by atoms with Crippen LogP contribution in [-0.4, -0.2) is 143 Å². The first kappa shape index (κ1) is 60.9. The Morgan fingerprint density at radius 2 is 1.60 bits per heavy atom. The zero-order valence-corrected chi connectivity index (χ0v) is 40.6. The first-order valence-electron chi connectivity index (χ1n) is 23.6. The average molecular weight is 1000 g/mol. The van der Waals surface area contributed by atoms with Crippen molar-refractivity contribution < 1.29 is 96.9 Å². The Labute approximate surface area is 394 Å². The van der Waals surface area contributed by atoms with Crippen LogP contribution < -0.4 is 0 Å². The molecule has 0 aliphatic carbocycles. The van der Waals surface area contributed by atoms with Crippen LogP contribution in [0.4, 0.5) is 0 Å². The number of unbranched alkanes of at least 4 members (excludes halogenated alkanes) is 8. The number of cyclic esters (lactones) is 1. The largest absolute Gasteiger partial charge is 0.472 e. The van der Waals surface area contributed by atoms with Gasteiger partial charge in [-0.2, -0.15) is 0 Å². The maximum atomic E-state index is 13.7. The Hall–Kier alpha value is -2.20. The monoisotopic (exact) mass is 1000 g/mol. The van der Waals surface area contributed by atoms with Crippen LogP contribution in [0.5, 0.6) is 0 Å². The summed E-state index contributed by atoms with van der Waals surface area (Å²) in [5.41, 5.74) is 0. The fourth-order valence-corrected chi connectivity index (χ4v) is 8.93. The van der Waals surface area contributed by atoms with E-state index in [0.29, 0.717) is 12.8 Å². The van der Waals surface area contributed by atoms with Gasteiger partial charge in [-0.25, -0.2) is 9.13 Å². The minimum Gasteiger partial charge on any atom is -0.462 e. The third-order valence-electron chi connectivity index (χ3n) is 11.2. The second-order valence-corrected chi connectivity index (χ2v) is 19.6. The second-order valence-electron chi connectivity index (χ2n) is 17.0. The van der Waals surface area contributed by atoms with Crippen molar-refractivity contribution in [2.75, 3.05) is 13.2 Å². The van der Waals surface area contributed by atoms with E-state index in [1.807, 2.05) is 6.92 Å². The zero-order valence-electron chi connectivity index (χ0n) is 38.8. The number of carbonyl (C=O) groups excluding carboxylic acids is 2. The Morgan fingerprint density at radius 3 is 2.30 bits per heavy atom. The van der Waals surface area contributed by atoms with Crippen LogP contribution >= 0.6 is 15.6 Å². The molecule has 2 unspecified atom stereocenters. The lowest BCUT2D eigenvalue weighted by Gasteiger charge is -2.41. The van der Waals surface area contributed by atoms with Crippen molar-refractivity contribution in [2.24, 2.45) is 5.92 Å².